The van der Waals surface area contributed by atoms with Gasteiger partial charge in [0.15, 0.2) is 18.5 Å². The molecule has 4 N–H and O–H groups in total. The molecule has 2 aromatic rings. The topological polar surface area (TPSA) is 126 Å². The zero-order valence-corrected chi connectivity index (χ0v) is 17.4. The Morgan fingerprint density at radius 2 is 1.80 bits per heavy atom. The molecule has 0 aliphatic carbocycles. The standard InChI is InChI=1S/C20H18N3O4.CH4O.H3N/c1-12-6-14(4-5-17(12)22(3)25)20-16-9-19-18(26-11-27-19)8-15(16)7-13(2)23(10-24)21-20;1-2;/h4-10H,11H2,1-3H3;2H,1H3;1H3/q+1;;. The number of aliphatic hydroxyl groups is 1. The first-order chi connectivity index (χ1) is 14.0. The van der Waals surface area contributed by atoms with Crippen molar-refractivity contribution in [1.29, 1.82) is 0 Å². The van der Waals surface area contributed by atoms with E-state index in [1.54, 1.807) is 6.07 Å². The summed E-state index contributed by atoms with van der Waals surface area (Å²) in [4.78, 5) is 23.2. The van der Waals surface area contributed by atoms with Crippen LogP contribution >= 0.6 is 0 Å². The van der Waals surface area contributed by atoms with Crippen LogP contribution in [-0.2, 0) is 4.79 Å². The van der Waals surface area contributed by atoms with Gasteiger partial charge in [-0.2, -0.15) is 5.10 Å². The Morgan fingerprint density at radius 3 is 2.40 bits per heavy atom. The molecule has 1 amide bonds. The lowest BCUT2D eigenvalue weighted by atomic mass is 9.95. The van der Waals surface area contributed by atoms with E-state index in [4.69, 9.17) is 14.6 Å². The quantitative estimate of drug-likeness (QED) is 0.588. The molecule has 0 aromatic heterocycles. The number of ether oxygens (including phenoxy) is 2. The number of carbonyl (C=O) groups excluding carboxylic acids is 1. The van der Waals surface area contributed by atoms with Crippen LogP contribution < -0.4 is 15.6 Å². The Morgan fingerprint density at radius 1 is 1.13 bits per heavy atom. The molecule has 0 saturated carbocycles. The van der Waals surface area contributed by atoms with Crippen LogP contribution in [0.4, 0.5) is 5.69 Å². The number of hydrazone groups is 1. The molecule has 2 aliphatic heterocycles. The number of aryl methyl sites for hydroxylation is 1. The second-order valence-electron chi connectivity index (χ2n) is 6.48. The third-order valence-electron chi connectivity index (χ3n) is 4.64. The Hall–Kier alpha value is -3.56. The van der Waals surface area contributed by atoms with E-state index < -0.39 is 0 Å². The van der Waals surface area contributed by atoms with Crippen molar-refractivity contribution in [1.82, 2.24) is 11.2 Å². The first kappa shape index (κ1) is 22.7. The number of fused-ring (bicyclic) bond motifs is 2. The van der Waals surface area contributed by atoms with Crippen LogP contribution in [0.15, 0.2) is 41.1 Å². The molecule has 0 bridgehead atoms. The van der Waals surface area contributed by atoms with Crippen molar-refractivity contribution < 1.29 is 24.1 Å². The van der Waals surface area contributed by atoms with Crippen LogP contribution in [0.3, 0.4) is 0 Å². The molecule has 9 heteroatoms. The molecule has 0 atom stereocenters. The van der Waals surface area contributed by atoms with E-state index in [1.807, 2.05) is 44.2 Å². The summed E-state index contributed by atoms with van der Waals surface area (Å²) < 4.78 is 11.8. The highest BCUT2D eigenvalue weighted by atomic mass is 16.7. The molecule has 2 heterocycles. The van der Waals surface area contributed by atoms with Gasteiger partial charge in [-0.15, -0.1) is 0 Å². The van der Waals surface area contributed by atoms with E-state index in [-0.39, 0.29) is 12.9 Å². The third-order valence-corrected chi connectivity index (χ3v) is 4.64. The van der Waals surface area contributed by atoms with Gasteiger partial charge in [-0.05, 0) is 49.8 Å². The number of benzene rings is 2. The lowest BCUT2D eigenvalue weighted by Gasteiger charge is -2.13. The van der Waals surface area contributed by atoms with Gasteiger partial charge in [-0.1, -0.05) is 0 Å². The minimum atomic E-state index is 0. The number of hydrogen-bond donors (Lipinski definition) is 2. The number of aliphatic hydroxyl groups excluding tert-OH is 1. The predicted octanol–water partition coefficient (Wildman–Crippen LogP) is 3.12. The van der Waals surface area contributed by atoms with Gasteiger partial charge in [0.1, 0.15) is 0 Å². The number of amides is 1. The molecule has 0 spiro atoms. The van der Waals surface area contributed by atoms with Gasteiger partial charge in [0.05, 0.1) is 5.71 Å². The molecule has 2 aromatic carbocycles. The van der Waals surface area contributed by atoms with Gasteiger partial charge >= 0.3 is 0 Å². The van der Waals surface area contributed by atoms with E-state index in [9.17, 15) is 9.70 Å². The van der Waals surface area contributed by atoms with Crippen LogP contribution in [0, 0.1) is 11.8 Å². The molecular weight excluding hydrogens is 388 g/mol. The Kier molecular flexibility index (Phi) is 7.04. The van der Waals surface area contributed by atoms with Crippen LogP contribution in [0.1, 0.15) is 29.2 Å². The number of rotatable bonds is 3. The molecule has 158 valence electrons. The molecule has 2 aliphatic rings. The third kappa shape index (κ3) is 4.07. The smallest absolute Gasteiger partial charge is 0.258 e. The zero-order chi connectivity index (χ0) is 21.1. The van der Waals surface area contributed by atoms with E-state index in [2.05, 4.69) is 5.10 Å². The van der Waals surface area contributed by atoms with Crippen molar-refractivity contribution in [3.63, 3.8) is 0 Å². The lowest BCUT2D eigenvalue weighted by molar-refractivity contribution is -0.428. The summed E-state index contributed by atoms with van der Waals surface area (Å²) in [5.41, 5.74) is 5.21. The Bertz CT molecular complexity index is 1050. The van der Waals surface area contributed by atoms with Crippen molar-refractivity contribution in [2.24, 2.45) is 5.10 Å². The van der Waals surface area contributed by atoms with Gasteiger partial charge in [0.25, 0.3) is 5.69 Å². The van der Waals surface area contributed by atoms with E-state index >= 15 is 0 Å². The number of allylic oxidation sites excluding steroid dienone is 1. The highest BCUT2D eigenvalue weighted by Gasteiger charge is 2.24. The van der Waals surface area contributed by atoms with Gasteiger partial charge in [0.2, 0.25) is 13.2 Å². The molecule has 0 saturated heterocycles. The van der Waals surface area contributed by atoms with Crippen LogP contribution in [0.5, 0.6) is 11.5 Å². The van der Waals surface area contributed by atoms with E-state index in [1.165, 1.54) is 12.1 Å². The Balaban J connectivity index is 0.00000104. The first-order valence-corrected chi connectivity index (χ1v) is 8.90. The van der Waals surface area contributed by atoms with Crippen LogP contribution in [-0.4, -0.2) is 47.9 Å². The molecule has 4 rings (SSSR count). The van der Waals surface area contributed by atoms with Gasteiger partial charge in [-0.3, -0.25) is 4.79 Å². The molecule has 9 nitrogen and oxygen atoms in total. The summed E-state index contributed by atoms with van der Waals surface area (Å²) in [6.07, 6.45) is 2.56. The van der Waals surface area contributed by atoms with Crippen LogP contribution in [0.25, 0.3) is 6.08 Å². The van der Waals surface area contributed by atoms with Crippen LogP contribution in [0.2, 0.25) is 0 Å². The van der Waals surface area contributed by atoms with Crippen molar-refractivity contribution in [3.05, 3.63) is 63.2 Å². The summed E-state index contributed by atoms with van der Waals surface area (Å²) in [5.74, 6) is 1.30. The number of nitroso groups, excluding NO2 is 1. The minimum absolute atomic E-state index is 0. The van der Waals surface area contributed by atoms with Crippen molar-refractivity contribution in [3.8, 4) is 11.5 Å². The van der Waals surface area contributed by atoms with Gasteiger partial charge < -0.3 is 20.7 Å². The molecule has 0 fully saturated rings. The second-order valence-corrected chi connectivity index (χ2v) is 6.48. The summed E-state index contributed by atoms with van der Waals surface area (Å²) in [6, 6.07) is 9.23. The first-order valence-electron chi connectivity index (χ1n) is 8.90. The monoisotopic (exact) mass is 413 g/mol. The van der Waals surface area contributed by atoms with E-state index in [0.717, 1.165) is 34.1 Å². The van der Waals surface area contributed by atoms with Gasteiger partial charge in [-0.25, -0.2) is 5.01 Å². The zero-order valence-electron chi connectivity index (χ0n) is 17.4. The number of nitrogens with zero attached hydrogens (tertiary/aromatic N) is 3. The highest BCUT2D eigenvalue weighted by molar-refractivity contribution is 6.16. The summed E-state index contributed by atoms with van der Waals surface area (Å²) >= 11 is 0. The Labute approximate surface area is 174 Å². The average Bonchev–Trinajstić information content (AvgIpc) is 3.11. The average molecular weight is 413 g/mol. The normalized spacial score (nSPS) is 13.6. The van der Waals surface area contributed by atoms with Gasteiger partial charge in [0, 0.05) is 45.2 Å². The SMILES string of the molecule is CC1=Cc2cc3c(cc2C(c2ccc([N+](C)=O)c(C)c2)=NN1C=O)OCO3.CO.N. The fourth-order valence-corrected chi connectivity index (χ4v) is 3.29. The summed E-state index contributed by atoms with van der Waals surface area (Å²) in [5, 5.41) is 12.9. The maximum atomic E-state index is 11.7. The molecule has 30 heavy (non-hydrogen) atoms. The largest absolute Gasteiger partial charge is 0.454 e. The molecular formula is C21H25N4O5+. The fourth-order valence-electron chi connectivity index (χ4n) is 3.29. The predicted molar refractivity (Wildman–Crippen MR) is 113 cm³/mol. The maximum Gasteiger partial charge on any atom is 0.258 e. The minimum Gasteiger partial charge on any atom is -0.454 e. The molecule has 0 radical (unpaired) electrons. The van der Waals surface area contributed by atoms with Crippen molar-refractivity contribution in [2.75, 3.05) is 21.0 Å². The fraction of sp³-hybridized carbons (Fsp3) is 0.238. The van der Waals surface area contributed by atoms with Crippen molar-refractivity contribution >= 4 is 23.9 Å². The summed E-state index contributed by atoms with van der Waals surface area (Å²) in [6.45, 7) is 3.86. The lowest BCUT2D eigenvalue weighted by Crippen LogP contribution is -2.15. The maximum absolute atomic E-state index is 11.7. The molecule has 0 unspecified atom stereocenters. The van der Waals surface area contributed by atoms with Crippen molar-refractivity contribution in [2.45, 2.75) is 13.8 Å². The summed E-state index contributed by atoms with van der Waals surface area (Å²) in [7, 11) is 2.46. The number of hydrogen-bond acceptors (Lipinski definition) is 7. The number of carbonyl (C=O) groups is 1. The van der Waals surface area contributed by atoms with E-state index in [0.29, 0.717) is 35.0 Å². The second kappa shape index (κ2) is 9.29. The highest BCUT2D eigenvalue weighted by Crippen LogP contribution is 2.38.